The summed E-state index contributed by atoms with van der Waals surface area (Å²) in [7, 11) is 1.47. The van der Waals surface area contributed by atoms with Gasteiger partial charge in [0, 0.05) is 18.7 Å². The molecule has 0 fully saturated rings. The van der Waals surface area contributed by atoms with Gasteiger partial charge in [0.1, 0.15) is 17.9 Å². The van der Waals surface area contributed by atoms with E-state index in [9.17, 15) is 22.8 Å². The molecule has 198 valence electrons. The second kappa shape index (κ2) is 10.8. The van der Waals surface area contributed by atoms with Gasteiger partial charge in [-0.3, -0.25) is 9.59 Å². The number of hydrogen-bond donors (Lipinski definition) is 3. The second-order valence-electron chi connectivity index (χ2n) is 8.43. The van der Waals surface area contributed by atoms with Crippen LogP contribution in [-0.4, -0.2) is 28.9 Å². The molecule has 3 aromatic carbocycles. The van der Waals surface area contributed by atoms with E-state index in [2.05, 4.69) is 15.3 Å². The quantitative estimate of drug-likeness (QED) is 0.169. The fourth-order valence-electron chi connectivity index (χ4n) is 3.95. The number of nitrogens with one attached hydrogen (secondary N) is 2. The lowest BCUT2D eigenvalue weighted by atomic mass is 10.1. The predicted octanol–water partition coefficient (Wildman–Crippen LogP) is 5.14. The smallest absolute Gasteiger partial charge is 0.377 e. The molecule has 1 heterocycles. The Kier molecular flexibility index (Phi) is 7.72. The molecule has 2 amide bonds. The summed E-state index contributed by atoms with van der Waals surface area (Å²) < 4.78 is 45.6. The SMILES string of the molecule is COCc1nc2c(C(=O)NCc3cccc(Cl)c3C)cc(N(N)C(=O)c3ccccc3C(F)(F)F)cc2[nH]1. The van der Waals surface area contributed by atoms with Crippen molar-refractivity contribution < 1.29 is 27.5 Å². The molecule has 0 atom stereocenters. The van der Waals surface area contributed by atoms with Gasteiger partial charge in [-0.25, -0.2) is 15.8 Å². The van der Waals surface area contributed by atoms with Crippen LogP contribution < -0.4 is 16.2 Å². The maximum atomic E-state index is 13.5. The van der Waals surface area contributed by atoms with Gasteiger partial charge in [0.25, 0.3) is 11.8 Å². The highest BCUT2D eigenvalue weighted by Gasteiger charge is 2.36. The zero-order chi connectivity index (χ0) is 27.6. The van der Waals surface area contributed by atoms with Crippen LogP contribution in [0.25, 0.3) is 11.0 Å². The maximum Gasteiger partial charge on any atom is 0.417 e. The highest BCUT2D eigenvalue weighted by Crippen LogP contribution is 2.33. The first-order chi connectivity index (χ1) is 18.0. The molecule has 0 saturated carbocycles. The van der Waals surface area contributed by atoms with Gasteiger partial charge >= 0.3 is 6.18 Å². The third-order valence-electron chi connectivity index (χ3n) is 5.93. The lowest BCUT2D eigenvalue weighted by Crippen LogP contribution is -2.38. The first kappa shape index (κ1) is 27.1. The monoisotopic (exact) mass is 545 g/mol. The van der Waals surface area contributed by atoms with Crippen LogP contribution in [0, 0.1) is 6.92 Å². The summed E-state index contributed by atoms with van der Waals surface area (Å²) in [5.41, 5.74) is 0.496. The van der Waals surface area contributed by atoms with Crippen LogP contribution in [0.1, 0.15) is 43.2 Å². The van der Waals surface area contributed by atoms with Crippen molar-refractivity contribution in [2.45, 2.75) is 26.3 Å². The fourth-order valence-corrected chi connectivity index (χ4v) is 4.14. The molecule has 4 N–H and O–H groups in total. The molecule has 0 spiro atoms. The van der Waals surface area contributed by atoms with Crippen LogP contribution in [0.3, 0.4) is 0 Å². The molecule has 0 saturated heterocycles. The van der Waals surface area contributed by atoms with Gasteiger partial charge in [0.05, 0.1) is 27.9 Å². The lowest BCUT2D eigenvalue weighted by Gasteiger charge is -2.20. The molecule has 0 aliphatic heterocycles. The number of nitrogens with zero attached hydrogens (tertiary/aromatic N) is 2. The number of H-pyrrole nitrogens is 1. The van der Waals surface area contributed by atoms with Crippen molar-refractivity contribution in [2.24, 2.45) is 5.84 Å². The molecular weight excluding hydrogens is 523 g/mol. The van der Waals surface area contributed by atoms with Crippen LogP contribution in [0.15, 0.2) is 54.6 Å². The summed E-state index contributed by atoms with van der Waals surface area (Å²) in [5, 5.41) is 3.92. The largest absolute Gasteiger partial charge is 0.417 e. The van der Waals surface area contributed by atoms with E-state index >= 15 is 0 Å². The summed E-state index contributed by atoms with van der Waals surface area (Å²) in [6.07, 6.45) is -4.76. The molecule has 0 radical (unpaired) electrons. The molecule has 8 nitrogen and oxygen atoms in total. The van der Waals surface area contributed by atoms with Crippen molar-refractivity contribution in [1.29, 1.82) is 0 Å². The van der Waals surface area contributed by atoms with Crippen LogP contribution in [-0.2, 0) is 24.1 Å². The Morgan fingerprint density at radius 3 is 2.58 bits per heavy atom. The lowest BCUT2D eigenvalue weighted by molar-refractivity contribution is -0.137. The zero-order valence-corrected chi connectivity index (χ0v) is 21.1. The number of benzene rings is 3. The van der Waals surface area contributed by atoms with Crippen LogP contribution in [0.4, 0.5) is 18.9 Å². The van der Waals surface area contributed by atoms with Crippen molar-refractivity contribution in [3.63, 3.8) is 0 Å². The molecule has 1 aromatic heterocycles. The third kappa shape index (κ3) is 5.49. The van der Waals surface area contributed by atoms with Gasteiger partial charge in [-0.05, 0) is 48.4 Å². The predicted molar refractivity (Wildman–Crippen MR) is 137 cm³/mol. The van der Waals surface area contributed by atoms with Gasteiger partial charge in [-0.2, -0.15) is 13.2 Å². The number of fused-ring (bicyclic) bond motifs is 1. The molecular formula is C26H23ClF3N5O3. The number of halogens is 4. The third-order valence-corrected chi connectivity index (χ3v) is 6.33. The van der Waals surface area contributed by atoms with E-state index in [1.165, 1.54) is 31.4 Å². The number of alkyl halides is 3. The van der Waals surface area contributed by atoms with Crippen molar-refractivity contribution >= 4 is 40.1 Å². The molecule has 0 aliphatic rings. The van der Waals surface area contributed by atoms with Gasteiger partial charge in [0.2, 0.25) is 0 Å². The van der Waals surface area contributed by atoms with Crippen LogP contribution in [0.2, 0.25) is 5.02 Å². The first-order valence-electron chi connectivity index (χ1n) is 11.3. The summed E-state index contributed by atoms with van der Waals surface area (Å²) in [4.78, 5) is 33.7. The average molecular weight is 546 g/mol. The minimum atomic E-state index is -4.76. The number of methoxy groups -OCH3 is 1. The number of aromatic amines is 1. The van der Waals surface area contributed by atoms with E-state index in [1.807, 2.05) is 13.0 Å². The highest BCUT2D eigenvalue weighted by atomic mass is 35.5. The number of hydrazine groups is 1. The van der Waals surface area contributed by atoms with Gasteiger partial charge in [-0.15, -0.1) is 0 Å². The van der Waals surface area contributed by atoms with E-state index < -0.39 is 29.1 Å². The summed E-state index contributed by atoms with van der Waals surface area (Å²) >= 11 is 6.17. The highest BCUT2D eigenvalue weighted by molar-refractivity contribution is 6.31. The van der Waals surface area contributed by atoms with Crippen molar-refractivity contribution in [3.05, 3.63) is 93.3 Å². The van der Waals surface area contributed by atoms with E-state index in [0.717, 1.165) is 23.3 Å². The number of carbonyl (C=O) groups excluding carboxylic acids is 2. The minimum Gasteiger partial charge on any atom is -0.377 e. The van der Waals surface area contributed by atoms with E-state index in [1.54, 1.807) is 12.1 Å². The van der Waals surface area contributed by atoms with E-state index in [0.29, 0.717) is 21.4 Å². The fraction of sp³-hybridized carbons (Fsp3) is 0.192. The average Bonchev–Trinajstić information content (AvgIpc) is 3.30. The Hall–Kier alpha value is -3.93. The Morgan fingerprint density at radius 1 is 1.13 bits per heavy atom. The Balaban J connectivity index is 1.73. The number of hydrogen-bond acceptors (Lipinski definition) is 5. The molecule has 38 heavy (non-hydrogen) atoms. The molecule has 0 aliphatic carbocycles. The first-order valence-corrected chi connectivity index (χ1v) is 11.7. The molecule has 0 unspecified atom stereocenters. The number of rotatable bonds is 7. The Morgan fingerprint density at radius 2 is 1.87 bits per heavy atom. The molecule has 4 rings (SSSR count). The number of anilines is 1. The van der Waals surface area contributed by atoms with E-state index in [-0.39, 0.29) is 29.9 Å². The standard InChI is InChI=1S/C26H23ClF3N5O3/c1-14-15(6-5-9-20(14)27)12-32-24(36)18-10-16(11-21-23(18)34-22(33-21)13-38-2)35(31)25(37)17-7-3-4-8-19(17)26(28,29)30/h3-11H,12-13,31H2,1-2H3,(H,32,36)(H,33,34). The van der Waals surface area contributed by atoms with Crippen molar-refractivity contribution in [2.75, 3.05) is 12.1 Å². The number of imidazole rings is 1. The minimum absolute atomic E-state index is 0.0174. The molecule has 12 heteroatoms. The number of aromatic nitrogens is 2. The van der Waals surface area contributed by atoms with Crippen molar-refractivity contribution in [3.8, 4) is 0 Å². The topological polar surface area (TPSA) is 113 Å². The summed E-state index contributed by atoms with van der Waals surface area (Å²) in [5.74, 6) is 4.78. The Bertz CT molecular complexity index is 1520. The summed E-state index contributed by atoms with van der Waals surface area (Å²) in [6, 6.07) is 12.4. The number of nitrogens with two attached hydrogens (primary N) is 1. The van der Waals surface area contributed by atoms with E-state index in [4.69, 9.17) is 22.2 Å². The number of carbonyl (C=O) groups is 2. The van der Waals surface area contributed by atoms with Gasteiger partial charge in [-0.1, -0.05) is 35.9 Å². The normalized spacial score (nSPS) is 11.6. The van der Waals surface area contributed by atoms with Crippen LogP contribution >= 0.6 is 11.6 Å². The maximum absolute atomic E-state index is 13.5. The molecule has 0 bridgehead atoms. The second-order valence-corrected chi connectivity index (χ2v) is 8.84. The summed E-state index contributed by atoms with van der Waals surface area (Å²) in [6.45, 7) is 2.08. The Labute approximate surface area is 220 Å². The zero-order valence-electron chi connectivity index (χ0n) is 20.3. The number of amides is 2. The van der Waals surface area contributed by atoms with Gasteiger partial charge < -0.3 is 15.0 Å². The van der Waals surface area contributed by atoms with Gasteiger partial charge in [0.15, 0.2) is 0 Å². The van der Waals surface area contributed by atoms with Crippen LogP contribution in [0.5, 0.6) is 0 Å². The number of ether oxygens (including phenoxy) is 1. The van der Waals surface area contributed by atoms with Crippen molar-refractivity contribution in [1.82, 2.24) is 15.3 Å². The molecule has 4 aromatic rings.